The molecule has 31 heavy (non-hydrogen) atoms. The molecule has 0 atom stereocenters. The normalized spacial score (nSPS) is 17.7. The molecular formula is C24H29N3O3S. The molecule has 2 aromatic rings. The lowest BCUT2D eigenvalue weighted by molar-refractivity contribution is -0.110. The van der Waals surface area contributed by atoms with E-state index in [0.717, 1.165) is 42.3 Å². The van der Waals surface area contributed by atoms with Gasteiger partial charge in [-0.05, 0) is 30.2 Å². The zero-order valence-electron chi connectivity index (χ0n) is 18.3. The zero-order valence-corrected chi connectivity index (χ0v) is 19.1. The molecule has 4 rings (SSSR count). The van der Waals surface area contributed by atoms with Crippen molar-refractivity contribution < 1.29 is 14.3 Å². The fraction of sp³-hybridized carbons (Fsp3) is 0.375. The number of fused-ring (bicyclic) bond motifs is 1. The molecule has 0 bridgehead atoms. The van der Waals surface area contributed by atoms with Crippen molar-refractivity contribution in [3.63, 3.8) is 0 Å². The van der Waals surface area contributed by atoms with Crippen LogP contribution in [0.25, 0.3) is 5.57 Å². The number of methoxy groups -OCH3 is 2. The molecule has 0 aliphatic carbocycles. The lowest BCUT2D eigenvalue weighted by atomic mass is 10.0. The van der Waals surface area contributed by atoms with Crippen LogP contribution in [0.3, 0.4) is 0 Å². The topological polar surface area (TPSA) is 62.8 Å². The first kappa shape index (κ1) is 21.6. The minimum absolute atomic E-state index is 0.116. The molecule has 6 nitrogen and oxygen atoms in total. The molecule has 1 fully saturated rings. The van der Waals surface area contributed by atoms with Gasteiger partial charge in [-0.2, -0.15) is 11.8 Å². The summed E-state index contributed by atoms with van der Waals surface area (Å²) in [4.78, 5) is 15.3. The molecule has 1 saturated heterocycles. The van der Waals surface area contributed by atoms with Crippen LogP contribution < -0.4 is 20.1 Å². The number of amides is 1. The van der Waals surface area contributed by atoms with Gasteiger partial charge in [-0.1, -0.05) is 19.1 Å². The number of hydrogen-bond donors (Lipinski definition) is 2. The van der Waals surface area contributed by atoms with Crippen LogP contribution in [0.2, 0.25) is 0 Å². The highest BCUT2D eigenvalue weighted by Gasteiger charge is 2.29. The predicted molar refractivity (Wildman–Crippen MR) is 128 cm³/mol. The highest BCUT2D eigenvalue weighted by Crippen LogP contribution is 2.42. The van der Waals surface area contributed by atoms with Gasteiger partial charge in [-0.3, -0.25) is 9.69 Å². The van der Waals surface area contributed by atoms with E-state index in [1.807, 2.05) is 24.8 Å². The predicted octanol–water partition coefficient (Wildman–Crippen LogP) is 4.44. The van der Waals surface area contributed by atoms with Crippen LogP contribution in [0.1, 0.15) is 24.5 Å². The standard InChI is InChI=1S/C24H29N3O3S/c1-4-19(23-18-13-21(29-2)22(30-3)14-20(18)26-24(23)28)25-17-7-5-16(6-8-17)15-27-9-11-31-12-10-27/h5-8,13-14,25H,4,9-12,15H2,1-3H3,(H,26,28). The molecule has 2 aliphatic heterocycles. The van der Waals surface area contributed by atoms with Crippen LogP contribution in [0.5, 0.6) is 11.5 Å². The smallest absolute Gasteiger partial charge is 0.258 e. The van der Waals surface area contributed by atoms with Crippen molar-refractivity contribution in [2.24, 2.45) is 0 Å². The fourth-order valence-corrected chi connectivity index (χ4v) is 4.99. The summed E-state index contributed by atoms with van der Waals surface area (Å²) in [7, 11) is 3.19. The van der Waals surface area contributed by atoms with Crippen molar-refractivity contribution in [2.45, 2.75) is 19.9 Å². The average molecular weight is 440 g/mol. The van der Waals surface area contributed by atoms with E-state index in [2.05, 4.69) is 39.8 Å². The molecule has 0 aromatic heterocycles. The van der Waals surface area contributed by atoms with Crippen LogP contribution in [-0.4, -0.2) is 49.6 Å². The molecule has 2 aromatic carbocycles. The Morgan fingerprint density at radius 2 is 1.77 bits per heavy atom. The van der Waals surface area contributed by atoms with Gasteiger partial charge in [0.1, 0.15) is 0 Å². The molecule has 0 radical (unpaired) electrons. The molecule has 0 unspecified atom stereocenters. The summed E-state index contributed by atoms with van der Waals surface area (Å²) in [5.74, 6) is 3.51. The molecular weight excluding hydrogens is 410 g/mol. The van der Waals surface area contributed by atoms with Gasteiger partial charge >= 0.3 is 0 Å². The van der Waals surface area contributed by atoms with Gasteiger partial charge in [0.15, 0.2) is 11.5 Å². The summed E-state index contributed by atoms with van der Waals surface area (Å²) in [6, 6.07) is 12.2. The molecule has 7 heteroatoms. The van der Waals surface area contributed by atoms with E-state index >= 15 is 0 Å². The van der Waals surface area contributed by atoms with Crippen LogP contribution >= 0.6 is 11.8 Å². The number of nitrogens with one attached hydrogen (secondary N) is 2. The van der Waals surface area contributed by atoms with Gasteiger partial charge in [-0.15, -0.1) is 0 Å². The van der Waals surface area contributed by atoms with E-state index in [4.69, 9.17) is 9.47 Å². The maximum Gasteiger partial charge on any atom is 0.258 e. The van der Waals surface area contributed by atoms with Crippen LogP contribution in [0.15, 0.2) is 42.1 Å². The van der Waals surface area contributed by atoms with Gasteiger partial charge in [-0.25, -0.2) is 0 Å². The Labute approximate surface area is 188 Å². The third-order valence-electron chi connectivity index (χ3n) is 5.68. The lowest BCUT2D eigenvalue weighted by Gasteiger charge is -2.26. The van der Waals surface area contributed by atoms with Crippen molar-refractivity contribution >= 4 is 34.6 Å². The zero-order chi connectivity index (χ0) is 21.8. The first-order valence-corrected chi connectivity index (χ1v) is 11.7. The minimum atomic E-state index is -0.116. The number of nitrogens with zero attached hydrogens (tertiary/aromatic N) is 1. The van der Waals surface area contributed by atoms with Crippen LogP contribution in [-0.2, 0) is 11.3 Å². The van der Waals surface area contributed by atoms with E-state index < -0.39 is 0 Å². The minimum Gasteiger partial charge on any atom is -0.493 e. The Kier molecular flexibility index (Phi) is 6.73. The molecule has 2 N–H and O–H groups in total. The van der Waals surface area contributed by atoms with Gasteiger partial charge in [0, 0.05) is 54.2 Å². The molecule has 2 heterocycles. The second-order valence-corrected chi connectivity index (χ2v) is 8.85. The number of anilines is 2. The maximum atomic E-state index is 12.8. The summed E-state index contributed by atoms with van der Waals surface area (Å²) < 4.78 is 10.8. The van der Waals surface area contributed by atoms with Crippen molar-refractivity contribution in [1.29, 1.82) is 0 Å². The number of rotatable bonds is 7. The summed E-state index contributed by atoms with van der Waals surface area (Å²) in [6.45, 7) is 5.34. The molecule has 0 saturated carbocycles. The summed E-state index contributed by atoms with van der Waals surface area (Å²) in [5, 5.41) is 6.42. The number of ether oxygens (including phenoxy) is 2. The highest BCUT2D eigenvalue weighted by atomic mass is 32.2. The highest BCUT2D eigenvalue weighted by molar-refractivity contribution is 7.99. The van der Waals surface area contributed by atoms with E-state index in [9.17, 15) is 4.79 Å². The molecule has 2 aliphatic rings. The third kappa shape index (κ3) is 4.67. The summed E-state index contributed by atoms with van der Waals surface area (Å²) in [6.07, 6.45) is 0.698. The lowest BCUT2D eigenvalue weighted by Crippen LogP contribution is -2.31. The first-order valence-electron chi connectivity index (χ1n) is 10.6. The second-order valence-electron chi connectivity index (χ2n) is 7.62. The van der Waals surface area contributed by atoms with Crippen molar-refractivity contribution in [1.82, 2.24) is 4.90 Å². The fourth-order valence-electron chi connectivity index (χ4n) is 4.01. The van der Waals surface area contributed by atoms with Crippen molar-refractivity contribution in [2.75, 3.05) is 49.4 Å². The van der Waals surface area contributed by atoms with Gasteiger partial charge in [0.25, 0.3) is 5.91 Å². The Balaban J connectivity index is 1.57. The summed E-state index contributed by atoms with van der Waals surface area (Å²) in [5.41, 5.74) is 5.37. The van der Waals surface area contributed by atoms with Crippen LogP contribution in [0, 0.1) is 0 Å². The largest absolute Gasteiger partial charge is 0.493 e. The number of benzene rings is 2. The number of carbonyl (C=O) groups excluding carboxylic acids is 1. The Hall–Kier alpha value is -2.64. The second kappa shape index (κ2) is 9.66. The number of hydrogen-bond acceptors (Lipinski definition) is 6. The Bertz CT molecular complexity index is 982. The first-order chi connectivity index (χ1) is 15.1. The maximum absolute atomic E-state index is 12.8. The quantitative estimate of drug-likeness (QED) is 0.622. The SMILES string of the molecule is CCC(Nc1ccc(CN2CCSCC2)cc1)=C1C(=O)Nc2cc(OC)c(OC)cc21. The molecule has 164 valence electrons. The van der Waals surface area contributed by atoms with E-state index in [1.165, 1.54) is 17.1 Å². The van der Waals surface area contributed by atoms with Gasteiger partial charge in [0.05, 0.1) is 25.5 Å². The van der Waals surface area contributed by atoms with Crippen molar-refractivity contribution in [3.05, 3.63) is 53.2 Å². The van der Waals surface area contributed by atoms with Crippen LogP contribution in [0.4, 0.5) is 11.4 Å². The Morgan fingerprint density at radius 1 is 1.10 bits per heavy atom. The van der Waals surface area contributed by atoms with Crippen molar-refractivity contribution in [3.8, 4) is 11.5 Å². The summed E-state index contributed by atoms with van der Waals surface area (Å²) >= 11 is 2.03. The monoisotopic (exact) mass is 439 g/mol. The Morgan fingerprint density at radius 3 is 2.42 bits per heavy atom. The third-order valence-corrected chi connectivity index (χ3v) is 6.63. The number of thioether (sulfide) groups is 1. The van der Waals surface area contributed by atoms with Gasteiger partial charge in [0.2, 0.25) is 0 Å². The number of allylic oxidation sites excluding steroid dienone is 1. The number of carbonyl (C=O) groups is 1. The van der Waals surface area contributed by atoms with E-state index in [0.29, 0.717) is 23.5 Å². The van der Waals surface area contributed by atoms with Gasteiger partial charge < -0.3 is 20.1 Å². The molecule has 1 amide bonds. The average Bonchev–Trinajstić information content (AvgIpc) is 3.12. The van der Waals surface area contributed by atoms with E-state index in [1.54, 1.807) is 20.3 Å². The van der Waals surface area contributed by atoms with E-state index in [-0.39, 0.29) is 5.91 Å². The molecule has 0 spiro atoms.